The number of pyridine rings is 1. The van der Waals surface area contributed by atoms with Gasteiger partial charge in [0.25, 0.3) is 0 Å². The summed E-state index contributed by atoms with van der Waals surface area (Å²) in [4.78, 5) is 18.2. The molecule has 0 bridgehead atoms. The van der Waals surface area contributed by atoms with E-state index in [-0.39, 0.29) is 18.7 Å². The molecule has 0 fully saturated rings. The molecule has 8 heteroatoms. The highest BCUT2D eigenvalue weighted by Crippen LogP contribution is 2.15. The van der Waals surface area contributed by atoms with Gasteiger partial charge in [0.05, 0.1) is 31.1 Å². The summed E-state index contributed by atoms with van der Waals surface area (Å²) in [6, 6.07) is 4.96. The number of urea groups is 1. The van der Waals surface area contributed by atoms with E-state index in [1.54, 1.807) is 11.1 Å². The molecule has 112 valence electrons. The van der Waals surface area contributed by atoms with Crippen molar-refractivity contribution in [2.24, 2.45) is 0 Å². The highest BCUT2D eigenvalue weighted by molar-refractivity contribution is 7.10. The van der Waals surface area contributed by atoms with Crippen LogP contribution in [0.3, 0.4) is 0 Å². The zero-order chi connectivity index (χ0) is 15.1. The monoisotopic (exact) mass is 307 g/mol. The molecule has 2 aromatic rings. The maximum Gasteiger partial charge on any atom is 0.323 e. The first-order valence-electron chi connectivity index (χ1n) is 6.60. The van der Waals surface area contributed by atoms with E-state index in [0.717, 1.165) is 17.2 Å². The Morgan fingerprint density at radius 2 is 2.38 bits per heavy atom. The van der Waals surface area contributed by atoms with Gasteiger partial charge in [0.2, 0.25) is 0 Å². The standard InChI is InChI=1S/C13H17N5O2S/c1-2-11(9-19)18(8-10-5-3-4-6-14-10)13(20)16-12-7-15-17-21-12/h3-7,11,19H,2,8-9H2,1H3,(H,16,20)/t11-/m1/s1. The highest BCUT2D eigenvalue weighted by atomic mass is 32.1. The fraction of sp³-hybridized carbons (Fsp3) is 0.385. The van der Waals surface area contributed by atoms with Gasteiger partial charge >= 0.3 is 6.03 Å². The maximum atomic E-state index is 12.4. The van der Waals surface area contributed by atoms with Crippen LogP contribution in [0.5, 0.6) is 0 Å². The summed E-state index contributed by atoms with van der Waals surface area (Å²) in [6.07, 6.45) is 3.82. The normalized spacial score (nSPS) is 11.9. The Balaban J connectivity index is 2.13. The van der Waals surface area contributed by atoms with Gasteiger partial charge in [0.15, 0.2) is 0 Å². The summed E-state index contributed by atoms with van der Waals surface area (Å²) >= 11 is 1.10. The third-order valence-corrected chi connectivity index (χ3v) is 3.61. The molecule has 0 saturated carbocycles. The molecule has 2 rings (SSSR count). The van der Waals surface area contributed by atoms with E-state index < -0.39 is 0 Å². The number of carbonyl (C=O) groups is 1. The number of anilines is 1. The van der Waals surface area contributed by atoms with Crippen molar-refractivity contribution in [2.75, 3.05) is 11.9 Å². The quantitative estimate of drug-likeness (QED) is 0.848. The van der Waals surface area contributed by atoms with Gasteiger partial charge in [0, 0.05) is 17.7 Å². The number of aliphatic hydroxyl groups excluding tert-OH is 1. The van der Waals surface area contributed by atoms with Gasteiger partial charge in [-0.3, -0.25) is 10.3 Å². The molecule has 7 nitrogen and oxygen atoms in total. The summed E-state index contributed by atoms with van der Waals surface area (Å²) < 4.78 is 3.70. The third-order valence-electron chi connectivity index (χ3n) is 3.03. The first-order chi connectivity index (χ1) is 10.2. The van der Waals surface area contributed by atoms with E-state index in [0.29, 0.717) is 18.0 Å². The Bertz CT molecular complexity index is 545. The number of rotatable bonds is 6. The molecular weight excluding hydrogens is 290 g/mol. The van der Waals surface area contributed by atoms with Crippen LogP contribution < -0.4 is 5.32 Å². The molecule has 2 amide bonds. The van der Waals surface area contributed by atoms with Crippen molar-refractivity contribution in [3.63, 3.8) is 0 Å². The van der Waals surface area contributed by atoms with Crippen molar-refractivity contribution in [3.05, 3.63) is 36.3 Å². The van der Waals surface area contributed by atoms with Crippen LogP contribution in [-0.4, -0.2) is 43.3 Å². The number of amides is 2. The summed E-state index contributed by atoms with van der Waals surface area (Å²) in [7, 11) is 0. The molecular formula is C13H17N5O2S. The van der Waals surface area contributed by atoms with Crippen LogP contribution in [0.4, 0.5) is 9.80 Å². The molecule has 2 N–H and O–H groups in total. The molecule has 2 aromatic heterocycles. The Kier molecular flexibility index (Phi) is 5.59. The Morgan fingerprint density at radius 1 is 1.52 bits per heavy atom. The summed E-state index contributed by atoms with van der Waals surface area (Å²) in [5, 5.41) is 16.5. The number of aliphatic hydroxyl groups is 1. The Labute approximate surface area is 126 Å². The number of nitrogens with zero attached hydrogens (tertiary/aromatic N) is 4. The highest BCUT2D eigenvalue weighted by Gasteiger charge is 2.23. The lowest BCUT2D eigenvalue weighted by molar-refractivity contribution is 0.133. The van der Waals surface area contributed by atoms with Crippen LogP contribution in [-0.2, 0) is 6.54 Å². The topological polar surface area (TPSA) is 91.2 Å². The van der Waals surface area contributed by atoms with Crippen molar-refractivity contribution >= 4 is 22.6 Å². The smallest absolute Gasteiger partial charge is 0.323 e. The number of hydrogen-bond donors (Lipinski definition) is 2. The van der Waals surface area contributed by atoms with E-state index in [4.69, 9.17) is 0 Å². The Morgan fingerprint density at radius 3 is 2.95 bits per heavy atom. The Hall–Kier alpha value is -2.06. The molecule has 0 aliphatic heterocycles. The minimum Gasteiger partial charge on any atom is -0.394 e. The van der Waals surface area contributed by atoms with Crippen LogP contribution in [0, 0.1) is 0 Å². The maximum absolute atomic E-state index is 12.4. The summed E-state index contributed by atoms with van der Waals surface area (Å²) in [5.74, 6) is 0. The van der Waals surface area contributed by atoms with Gasteiger partial charge in [-0.2, -0.15) is 0 Å². The van der Waals surface area contributed by atoms with E-state index in [2.05, 4.69) is 19.9 Å². The number of hydrogen-bond acceptors (Lipinski definition) is 6. The zero-order valence-corrected chi connectivity index (χ0v) is 12.5. The fourth-order valence-electron chi connectivity index (χ4n) is 1.88. The molecule has 0 radical (unpaired) electrons. The predicted octanol–water partition coefficient (Wildman–Crippen LogP) is 1.74. The summed E-state index contributed by atoms with van der Waals surface area (Å²) in [5.41, 5.74) is 0.766. The molecule has 21 heavy (non-hydrogen) atoms. The number of nitrogens with one attached hydrogen (secondary N) is 1. The van der Waals surface area contributed by atoms with E-state index >= 15 is 0 Å². The lowest BCUT2D eigenvalue weighted by Crippen LogP contribution is -2.44. The largest absolute Gasteiger partial charge is 0.394 e. The zero-order valence-electron chi connectivity index (χ0n) is 11.6. The molecule has 0 saturated heterocycles. The van der Waals surface area contributed by atoms with Crippen molar-refractivity contribution in [2.45, 2.75) is 25.9 Å². The van der Waals surface area contributed by atoms with E-state index in [9.17, 15) is 9.90 Å². The average molecular weight is 307 g/mol. The van der Waals surface area contributed by atoms with Gasteiger partial charge in [-0.1, -0.05) is 17.5 Å². The van der Waals surface area contributed by atoms with Gasteiger partial charge < -0.3 is 10.0 Å². The average Bonchev–Trinajstić information content (AvgIpc) is 3.01. The second-order valence-electron chi connectivity index (χ2n) is 4.41. The second kappa shape index (κ2) is 7.65. The van der Waals surface area contributed by atoms with Gasteiger partial charge in [0.1, 0.15) is 5.00 Å². The summed E-state index contributed by atoms with van der Waals surface area (Å²) in [6.45, 7) is 2.16. The van der Waals surface area contributed by atoms with Crippen molar-refractivity contribution in [1.29, 1.82) is 0 Å². The molecule has 0 unspecified atom stereocenters. The molecule has 2 heterocycles. The van der Waals surface area contributed by atoms with Gasteiger partial charge in [-0.25, -0.2) is 4.79 Å². The first-order valence-corrected chi connectivity index (χ1v) is 7.37. The lowest BCUT2D eigenvalue weighted by atomic mass is 10.2. The molecule has 0 spiro atoms. The number of aromatic nitrogens is 3. The third kappa shape index (κ3) is 4.20. The molecule has 0 aliphatic carbocycles. The van der Waals surface area contributed by atoms with E-state index in [1.807, 2.05) is 25.1 Å². The number of carbonyl (C=O) groups excluding carboxylic acids is 1. The van der Waals surface area contributed by atoms with Crippen LogP contribution in [0.1, 0.15) is 19.0 Å². The van der Waals surface area contributed by atoms with E-state index in [1.165, 1.54) is 6.20 Å². The van der Waals surface area contributed by atoms with Gasteiger partial charge in [-0.15, -0.1) is 5.10 Å². The fourth-order valence-corrected chi connectivity index (χ4v) is 2.29. The van der Waals surface area contributed by atoms with Crippen molar-refractivity contribution in [1.82, 2.24) is 19.5 Å². The predicted molar refractivity (Wildman–Crippen MR) is 79.9 cm³/mol. The van der Waals surface area contributed by atoms with Crippen molar-refractivity contribution in [3.8, 4) is 0 Å². The van der Waals surface area contributed by atoms with Crippen LogP contribution >= 0.6 is 11.5 Å². The van der Waals surface area contributed by atoms with Gasteiger partial charge in [-0.05, 0) is 18.6 Å². The second-order valence-corrected chi connectivity index (χ2v) is 5.19. The lowest BCUT2D eigenvalue weighted by Gasteiger charge is -2.29. The SMILES string of the molecule is CC[C@H](CO)N(Cc1ccccn1)C(=O)Nc1cnns1. The van der Waals surface area contributed by atoms with Crippen LogP contribution in [0.25, 0.3) is 0 Å². The molecule has 0 aromatic carbocycles. The first kappa shape index (κ1) is 15.3. The minimum atomic E-state index is -0.299. The van der Waals surface area contributed by atoms with Crippen molar-refractivity contribution < 1.29 is 9.90 Å². The molecule has 1 atom stereocenters. The van der Waals surface area contributed by atoms with Crippen LogP contribution in [0.15, 0.2) is 30.6 Å². The minimum absolute atomic E-state index is 0.0995. The molecule has 0 aliphatic rings. The van der Waals surface area contributed by atoms with Crippen LogP contribution in [0.2, 0.25) is 0 Å².